The van der Waals surface area contributed by atoms with Crippen LogP contribution in [-0.2, 0) is 6.42 Å². The van der Waals surface area contributed by atoms with Crippen molar-refractivity contribution >= 4 is 17.3 Å². The molecule has 1 aliphatic carbocycles. The maximum atomic E-state index is 9.66. The van der Waals surface area contributed by atoms with E-state index in [2.05, 4.69) is 10.3 Å². The van der Waals surface area contributed by atoms with Crippen LogP contribution < -0.4 is 5.32 Å². The molecular formula is C15H15ClN2O. The number of pyridine rings is 1. The molecule has 3 nitrogen and oxygen atoms in total. The minimum Gasteiger partial charge on any atom is -0.508 e. The Hall–Kier alpha value is -1.74. The van der Waals surface area contributed by atoms with E-state index in [1.54, 1.807) is 12.3 Å². The molecule has 4 heteroatoms. The first-order valence-electron chi connectivity index (χ1n) is 6.42. The van der Waals surface area contributed by atoms with Crippen molar-refractivity contribution in [3.8, 4) is 5.75 Å². The summed E-state index contributed by atoms with van der Waals surface area (Å²) in [5, 5.41) is 13.6. The molecule has 2 N–H and O–H groups in total. The van der Waals surface area contributed by atoms with Crippen LogP contribution in [0.5, 0.6) is 5.75 Å². The smallest absolute Gasteiger partial charge is 0.131 e. The Balaban J connectivity index is 1.89. The molecule has 0 saturated carbocycles. The largest absolute Gasteiger partial charge is 0.508 e. The van der Waals surface area contributed by atoms with Gasteiger partial charge in [0.15, 0.2) is 0 Å². The molecule has 0 radical (unpaired) electrons. The Morgan fingerprint density at radius 3 is 3.00 bits per heavy atom. The normalized spacial score (nSPS) is 17.8. The van der Waals surface area contributed by atoms with Gasteiger partial charge in [-0.25, -0.2) is 4.98 Å². The van der Waals surface area contributed by atoms with Crippen LogP contribution in [0.3, 0.4) is 0 Å². The highest BCUT2D eigenvalue weighted by Gasteiger charge is 2.20. The Labute approximate surface area is 117 Å². The van der Waals surface area contributed by atoms with Crippen LogP contribution in [0.15, 0.2) is 36.5 Å². The molecule has 98 valence electrons. The van der Waals surface area contributed by atoms with Gasteiger partial charge in [-0.2, -0.15) is 0 Å². The minimum atomic E-state index is 0.217. The number of halogens is 1. The van der Waals surface area contributed by atoms with Crippen molar-refractivity contribution in [1.82, 2.24) is 4.98 Å². The van der Waals surface area contributed by atoms with Gasteiger partial charge in [-0.15, -0.1) is 0 Å². The molecule has 1 aliphatic rings. The second kappa shape index (κ2) is 5.10. The van der Waals surface area contributed by atoms with Gasteiger partial charge in [-0.1, -0.05) is 17.7 Å². The van der Waals surface area contributed by atoms with Crippen LogP contribution in [-0.4, -0.2) is 10.1 Å². The summed E-state index contributed by atoms with van der Waals surface area (Å²) in [6.45, 7) is 0. The average Bonchev–Trinajstić information content (AvgIpc) is 2.39. The third-order valence-electron chi connectivity index (χ3n) is 3.51. The van der Waals surface area contributed by atoms with Crippen LogP contribution in [0.2, 0.25) is 5.15 Å². The number of aromatic nitrogens is 1. The summed E-state index contributed by atoms with van der Waals surface area (Å²) in [5.74, 6) is 0.320. The predicted octanol–water partition coefficient (Wildman–Crippen LogP) is 3.93. The molecule has 0 fully saturated rings. The average molecular weight is 275 g/mol. The van der Waals surface area contributed by atoms with Gasteiger partial charge in [0.05, 0.1) is 6.04 Å². The molecule has 3 rings (SSSR count). The molecular weight excluding hydrogens is 260 g/mol. The summed E-state index contributed by atoms with van der Waals surface area (Å²) in [7, 11) is 0. The van der Waals surface area contributed by atoms with Crippen molar-refractivity contribution in [2.75, 3.05) is 5.32 Å². The molecule has 19 heavy (non-hydrogen) atoms. The van der Waals surface area contributed by atoms with Crippen LogP contribution in [0.25, 0.3) is 0 Å². The second-order valence-electron chi connectivity index (χ2n) is 4.84. The lowest BCUT2D eigenvalue weighted by molar-refractivity contribution is 0.471. The molecule has 0 amide bonds. The molecule has 1 aromatic heterocycles. The van der Waals surface area contributed by atoms with E-state index in [0.717, 1.165) is 24.9 Å². The summed E-state index contributed by atoms with van der Waals surface area (Å²) in [6.07, 6.45) is 4.96. The molecule has 1 unspecified atom stereocenters. The van der Waals surface area contributed by atoms with E-state index in [4.69, 9.17) is 11.6 Å². The Morgan fingerprint density at radius 2 is 2.16 bits per heavy atom. The third kappa shape index (κ3) is 2.66. The highest BCUT2D eigenvalue weighted by Crippen LogP contribution is 2.34. The molecule has 1 aromatic carbocycles. The number of aromatic hydroxyl groups is 1. The number of aryl methyl sites for hydroxylation is 1. The number of benzene rings is 1. The van der Waals surface area contributed by atoms with E-state index in [9.17, 15) is 5.11 Å². The molecule has 2 aromatic rings. The van der Waals surface area contributed by atoms with Gasteiger partial charge in [0.2, 0.25) is 0 Å². The van der Waals surface area contributed by atoms with E-state index < -0.39 is 0 Å². The number of hydrogen-bond acceptors (Lipinski definition) is 3. The zero-order valence-corrected chi connectivity index (χ0v) is 11.2. The molecule has 1 atom stereocenters. The van der Waals surface area contributed by atoms with E-state index in [0.29, 0.717) is 10.9 Å². The number of rotatable bonds is 2. The van der Waals surface area contributed by atoms with Crippen molar-refractivity contribution < 1.29 is 5.11 Å². The molecule has 0 bridgehead atoms. The fraction of sp³-hybridized carbons (Fsp3) is 0.267. The first-order valence-corrected chi connectivity index (χ1v) is 6.80. The second-order valence-corrected chi connectivity index (χ2v) is 5.23. The first-order chi connectivity index (χ1) is 9.22. The number of hydrogen-bond donors (Lipinski definition) is 2. The van der Waals surface area contributed by atoms with E-state index >= 15 is 0 Å². The molecule has 0 spiro atoms. The number of nitrogens with zero attached hydrogens (tertiary/aromatic N) is 1. The fourth-order valence-electron chi connectivity index (χ4n) is 2.63. The number of nitrogens with one attached hydrogen (secondary N) is 1. The lowest BCUT2D eigenvalue weighted by atomic mass is 9.87. The summed E-state index contributed by atoms with van der Waals surface area (Å²) in [4.78, 5) is 3.98. The maximum absolute atomic E-state index is 9.66. The van der Waals surface area contributed by atoms with Crippen molar-refractivity contribution in [3.63, 3.8) is 0 Å². The third-order valence-corrected chi connectivity index (χ3v) is 3.72. The van der Waals surface area contributed by atoms with Gasteiger partial charge in [-0.05, 0) is 54.7 Å². The van der Waals surface area contributed by atoms with Gasteiger partial charge in [0.25, 0.3) is 0 Å². The van der Waals surface area contributed by atoms with Crippen LogP contribution >= 0.6 is 11.6 Å². The van der Waals surface area contributed by atoms with Gasteiger partial charge in [0.1, 0.15) is 10.9 Å². The first kappa shape index (κ1) is 12.3. The standard InChI is InChI=1S/C15H15ClN2O/c16-15-8-11(6-7-17-15)18-14-3-1-2-10-4-5-12(19)9-13(10)14/h4-9,14,19H,1-3H2,(H,17,18). The molecule has 1 heterocycles. The SMILES string of the molecule is Oc1ccc2c(c1)C(Nc1ccnc(Cl)c1)CCC2. The fourth-order valence-corrected chi connectivity index (χ4v) is 2.80. The lowest BCUT2D eigenvalue weighted by Crippen LogP contribution is -2.17. The molecule has 0 saturated heterocycles. The van der Waals surface area contributed by atoms with Crippen molar-refractivity contribution in [1.29, 1.82) is 0 Å². The number of phenols is 1. The summed E-state index contributed by atoms with van der Waals surface area (Å²) >= 11 is 5.90. The highest BCUT2D eigenvalue weighted by atomic mass is 35.5. The van der Waals surface area contributed by atoms with E-state index in [1.807, 2.05) is 24.3 Å². The van der Waals surface area contributed by atoms with Crippen molar-refractivity contribution in [3.05, 3.63) is 52.8 Å². The summed E-state index contributed by atoms with van der Waals surface area (Å²) < 4.78 is 0. The summed E-state index contributed by atoms with van der Waals surface area (Å²) in [6, 6.07) is 9.56. The van der Waals surface area contributed by atoms with Crippen LogP contribution in [0, 0.1) is 0 Å². The number of phenolic OH excluding ortho intramolecular Hbond substituents is 1. The monoisotopic (exact) mass is 274 g/mol. The van der Waals surface area contributed by atoms with Crippen LogP contribution in [0.4, 0.5) is 5.69 Å². The summed E-state index contributed by atoms with van der Waals surface area (Å²) in [5.41, 5.74) is 3.45. The maximum Gasteiger partial charge on any atom is 0.131 e. The highest BCUT2D eigenvalue weighted by molar-refractivity contribution is 6.29. The van der Waals surface area contributed by atoms with Crippen molar-refractivity contribution in [2.45, 2.75) is 25.3 Å². The van der Waals surface area contributed by atoms with Crippen molar-refractivity contribution in [2.24, 2.45) is 0 Å². The zero-order chi connectivity index (χ0) is 13.2. The van der Waals surface area contributed by atoms with E-state index in [-0.39, 0.29) is 6.04 Å². The minimum absolute atomic E-state index is 0.217. The number of anilines is 1. The number of fused-ring (bicyclic) bond motifs is 1. The van der Waals surface area contributed by atoms with Gasteiger partial charge < -0.3 is 10.4 Å². The Kier molecular flexibility index (Phi) is 3.30. The van der Waals surface area contributed by atoms with E-state index in [1.165, 1.54) is 11.1 Å². The van der Waals surface area contributed by atoms with Crippen LogP contribution in [0.1, 0.15) is 30.0 Å². The predicted molar refractivity (Wildman–Crippen MR) is 76.7 cm³/mol. The van der Waals surface area contributed by atoms with Gasteiger partial charge >= 0.3 is 0 Å². The topological polar surface area (TPSA) is 45.1 Å². The lowest BCUT2D eigenvalue weighted by Gasteiger charge is -2.27. The van der Waals surface area contributed by atoms with Gasteiger partial charge in [0, 0.05) is 11.9 Å². The Morgan fingerprint density at radius 1 is 1.26 bits per heavy atom. The quantitative estimate of drug-likeness (QED) is 0.816. The Bertz CT molecular complexity index is 600. The van der Waals surface area contributed by atoms with Gasteiger partial charge in [-0.3, -0.25) is 0 Å². The zero-order valence-electron chi connectivity index (χ0n) is 10.4. The molecule has 0 aliphatic heterocycles.